The number of anilines is 1. The summed E-state index contributed by atoms with van der Waals surface area (Å²) >= 11 is 1.48. The van der Waals surface area contributed by atoms with Crippen molar-refractivity contribution in [2.75, 3.05) is 25.2 Å². The Hall–Kier alpha value is -2.38. The third kappa shape index (κ3) is 3.44. The van der Waals surface area contributed by atoms with Crippen molar-refractivity contribution >= 4 is 32.6 Å². The Balaban J connectivity index is 1.75. The first kappa shape index (κ1) is 18.0. The number of aryl methyl sites for hydroxylation is 2. The largest absolute Gasteiger partial charge is 0.494 e. The Bertz CT molecular complexity index is 972. The molecular formula is C20H22N2O4S. The van der Waals surface area contributed by atoms with Gasteiger partial charge in [-0.3, -0.25) is 9.69 Å². The summed E-state index contributed by atoms with van der Waals surface area (Å²) in [6.07, 6.45) is 1.99. The minimum absolute atomic E-state index is 0.0242. The van der Waals surface area contributed by atoms with E-state index in [9.17, 15) is 4.79 Å². The maximum Gasteiger partial charge on any atom is 0.263 e. The Morgan fingerprint density at radius 2 is 2.26 bits per heavy atom. The van der Waals surface area contributed by atoms with Gasteiger partial charge in [-0.15, -0.1) is 0 Å². The summed E-state index contributed by atoms with van der Waals surface area (Å²) < 4.78 is 17.8. The molecule has 7 heteroatoms. The molecule has 0 spiro atoms. The van der Waals surface area contributed by atoms with E-state index >= 15 is 0 Å². The third-order valence-corrected chi connectivity index (χ3v) is 5.79. The van der Waals surface area contributed by atoms with Crippen LogP contribution in [-0.4, -0.2) is 37.3 Å². The average Bonchev–Trinajstić information content (AvgIpc) is 3.38. The second-order valence-electron chi connectivity index (χ2n) is 6.68. The summed E-state index contributed by atoms with van der Waals surface area (Å²) in [6, 6.07) is 7.58. The standard InChI is InChI=1S/C20H22N2O4S/c1-12-10-15(13(2)26-12)19(23)22(11-14-6-5-9-25-14)20-21-18-16(24-3)7-4-8-17(18)27-20/h4,7-8,10,14H,5-6,9,11H2,1-3H3. The Morgan fingerprint density at radius 1 is 1.41 bits per heavy atom. The number of carbonyl (C=O) groups excluding carboxylic acids is 1. The van der Waals surface area contributed by atoms with Gasteiger partial charge in [0.1, 0.15) is 22.8 Å². The molecule has 2 aromatic heterocycles. The van der Waals surface area contributed by atoms with Gasteiger partial charge in [0, 0.05) is 6.61 Å². The van der Waals surface area contributed by atoms with Crippen molar-refractivity contribution in [2.24, 2.45) is 0 Å². The molecule has 1 atom stereocenters. The number of methoxy groups -OCH3 is 1. The van der Waals surface area contributed by atoms with Crippen LogP contribution >= 0.6 is 11.3 Å². The van der Waals surface area contributed by atoms with Crippen molar-refractivity contribution in [3.05, 3.63) is 41.3 Å². The smallest absolute Gasteiger partial charge is 0.263 e. The molecule has 1 saturated heterocycles. The summed E-state index contributed by atoms with van der Waals surface area (Å²) in [5, 5.41) is 0.647. The molecule has 0 saturated carbocycles. The molecule has 1 unspecified atom stereocenters. The van der Waals surface area contributed by atoms with Crippen LogP contribution in [0.4, 0.5) is 5.13 Å². The van der Waals surface area contributed by atoms with E-state index in [4.69, 9.17) is 18.9 Å². The number of thiazole rings is 1. The zero-order valence-corrected chi connectivity index (χ0v) is 16.5. The number of amides is 1. The maximum absolute atomic E-state index is 13.3. The highest BCUT2D eigenvalue weighted by Gasteiger charge is 2.29. The van der Waals surface area contributed by atoms with Gasteiger partial charge in [-0.25, -0.2) is 4.98 Å². The summed E-state index contributed by atoms with van der Waals surface area (Å²) in [5.74, 6) is 1.93. The van der Waals surface area contributed by atoms with Gasteiger partial charge in [-0.2, -0.15) is 0 Å². The van der Waals surface area contributed by atoms with E-state index in [1.807, 2.05) is 32.0 Å². The van der Waals surface area contributed by atoms with Gasteiger partial charge in [-0.1, -0.05) is 17.4 Å². The minimum atomic E-state index is -0.113. The number of furan rings is 1. The zero-order chi connectivity index (χ0) is 19.0. The van der Waals surface area contributed by atoms with Crippen LogP contribution in [0.15, 0.2) is 28.7 Å². The van der Waals surface area contributed by atoms with Crippen LogP contribution in [0.25, 0.3) is 10.2 Å². The average molecular weight is 386 g/mol. The molecule has 0 N–H and O–H groups in total. The van der Waals surface area contributed by atoms with E-state index in [1.54, 1.807) is 18.1 Å². The molecule has 1 amide bonds. The molecule has 6 nitrogen and oxygen atoms in total. The Kier molecular flexibility index (Phi) is 4.88. The molecule has 0 radical (unpaired) electrons. The SMILES string of the molecule is COc1cccc2sc(N(CC3CCCO3)C(=O)c3cc(C)oc3C)nc12. The summed E-state index contributed by atoms with van der Waals surface area (Å²) in [6.45, 7) is 4.87. The van der Waals surface area contributed by atoms with Crippen molar-refractivity contribution in [2.45, 2.75) is 32.8 Å². The van der Waals surface area contributed by atoms with Crippen LogP contribution in [0.5, 0.6) is 5.75 Å². The predicted molar refractivity (Wildman–Crippen MR) is 105 cm³/mol. The van der Waals surface area contributed by atoms with Crippen molar-refractivity contribution in [3.63, 3.8) is 0 Å². The van der Waals surface area contributed by atoms with Crippen LogP contribution in [0.1, 0.15) is 34.7 Å². The van der Waals surface area contributed by atoms with Crippen LogP contribution in [0.2, 0.25) is 0 Å². The molecule has 0 aliphatic carbocycles. The molecule has 3 aromatic rings. The van der Waals surface area contributed by atoms with E-state index < -0.39 is 0 Å². The van der Waals surface area contributed by atoms with Crippen LogP contribution in [0.3, 0.4) is 0 Å². The number of aromatic nitrogens is 1. The first-order chi connectivity index (χ1) is 13.1. The van der Waals surface area contributed by atoms with Gasteiger partial charge < -0.3 is 13.9 Å². The lowest BCUT2D eigenvalue weighted by Gasteiger charge is -2.22. The first-order valence-electron chi connectivity index (χ1n) is 9.01. The van der Waals surface area contributed by atoms with E-state index in [-0.39, 0.29) is 12.0 Å². The summed E-state index contributed by atoms with van der Waals surface area (Å²) in [5.41, 5.74) is 1.34. The molecule has 1 aliphatic rings. The molecule has 142 valence electrons. The number of carbonyl (C=O) groups is 1. The predicted octanol–water partition coefficient (Wildman–Crippen LogP) is 4.34. The molecular weight excluding hydrogens is 364 g/mol. The Labute approximate surface area is 161 Å². The lowest BCUT2D eigenvalue weighted by Crippen LogP contribution is -2.37. The highest BCUT2D eigenvalue weighted by Crippen LogP contribution is 2.35. The molecule has 3 heterocycles. The van der Waals surface area contributed by atoms with Gasteiger partial charge in [-0.05, 0) is 44.9 Å². The molecule has 4 rings (SSSR count). The topological polar surface area (TPSA) is 64.8 Å². The lowest BCUT2D eigenvalue weighted by molar-refractivity contribution is 0.0916. The zero-order valence-electron chi connectivity index (χ0n) is 15.7. The molecule has 27 heavy (non-hydrogen) atoms. The lowest BCUT2D eigenvalue weighted by atomic mass is 10.2. The van der Waals surface area contributed by atoms with Crippen molar-refractivity contribution in [1.29, 1.82) is 0 Å². The maximum atomic E-state index is 13.3. The minimum Gasteiger partial charge on any atom is -0.494 e. The van der Waals surface area contributed by atoms with Crippen LogP contribution < -0.4 is 9.64 Å². The van der Waals surface area contributed by atoms with Gasteiger partial charge in [0.05, 0.1) is 30.0 Å². The van der Waals surface area contributed by atoms with E-state index in [1.165, 1.54) is 11.3 Å². The highest BCUT2D eigenvalue weighted by atomic mass is 32.1. The van der Waals surface area contributed by atoms with Gasteiger partial charge in [0.2, 0.25) is 0 Å². The molecule has 1 aromatic carbocycles. The fraction of sp³-hybridized carbons (Fsp3) is 0.400. The van der Waals surface area contributed by atoms with Gasteiger partial charge in [0.25, 0.3) is 5.91 Å². The number of para-hydroxylation sites is 1. The van der Waals surface area contributed by atoms with E-state index in [0.717, 1.165) is 35.4 Å². The second kappa shape index (κ2) is 7.32. The molecule has 1 fully saturated rings. The molecule has 1 aliphatic heterocycles. The fourth-order valence-electron chi connectivity index (χ4n) is 3.42. The van der Waals surface area contributed by atoms with Crippen molar-refractivity contribution in [3.8, 4) is 5.75 Å². The van der Waals surface area contributed by atoms with E-state index in [0.29, 0.717) is 28.7 Å². The quantitative estimate of drug-likeness (QED) is 0.653. The third-order valence-electron chi connectivity index (χ3n) is 4.75. The number of ether oxygens (including phenoxy) is 2. The number of hydrogen-bond donors (Lipinski definition) is 0. The number of fused-ring (bicyclic) bond motifs is 1. The normalized spacial score (nSPS) is 16.8. The van der Waals surface area contributed by atoms with Crippen molar-refractivity contribution in [1.82, 2.24) is 4.98 Å². The number of nitrogens with zero attached hydrogens (tertiary/aromatic N) is 2. The Morgan fingerprint density at radius 3 is 2.93 bits per heavy atom. The number of rotatable bonds is 5. The highest BCUT2D eigenvalue weighted by molar-refractivity contribution is 7.22. The number of hydrogen-bond acceptors (Lipinski definition) is 6. The van der Waals surface area contributed by atoms with Crippen LogP contribution in [-0.2, 0) is 4.74 Å². The first-order valence-corrected chi connectivity index (χ1v) is 9.82. The van der Waals surface area contributed by atoms with Crippen molar-refractivity contribution < 1.29 is 18.7 Å². The monoisotopic (exact) mass is 386 g/mol. The number of benzene rings is 1. The van der Waals surface area contributed by atoms with Gasteiger partial charge >= 0.3 is 0 Å². The van der Waals surface area contributed by atoms with Crippen LogP contribution in [0, 0.1) is 13.8 Å². The van der Waals surface area contributed by atoms with Gasteiger partial charge in [0.15, 0.2) is 5.13 Å². The van der Waals surface area contributed by atoms with E-state index in [2.05, 4.69) is 0 Å². The summed E-state index contributed by atoms with van der Waals surface area (Å²) in [4.78, 5) is 19.8. The fourth-order valence-corrected chi connectivity index (χ4v) is 4.41. The molecule has 0 bridgehead atoms. The second-order valence-corrected chi connectivity index (χ2v) is 7.69. The summed E-state index contributed by atoms with van der Waals surface area (Å²) in [7, 11) is 1.63.